The minimum absolute atomic E-state index is 0.0229. The van der Waals surface area contributed by atoms with E-state index in [0.29, 0.717) is 13.2 Å². The molecule has 0 amide bonds. The van der Waals surface area contributed by atoms with E-state index in [-0.39, 0.29) is 12.1 Å². The van der Waals surface area contributed by atoms with Crippen LogP contribution in [0, 0.1) is 0 Å². The minimum Gasteiger partial charge on any atom is -0.490 e. The fraction of sp³-hybridized carbons (Fsp3) is 0.571. The van der Waals surface area contributed by atoms with Gasteiger partial charge in [0.2, 0.25) is 0 Å². The molecule has 0 saturated carbocycles. The molecular formula is C14H21NO3. The van der Waals surface area contributed by atoms with Gasteiger partial charge in [0.25, 0.3) is 0 Å². The van der Waals surface area contributed by atoms with E-state index < -0.39 is 0 Å². The Morgan fingerprint density at radius 2 is 2.00 bits per heavy atom. The maximum atomic E-state index is 6.21. The van der Waals surface area contributed by atoms with E-state index >= 15 is 0 Å². The summed E-state index contributed by atoms with van der Waals surface area (Å²) in [5, 5.41) is 0. The summed E-state index contributed by atoms with van der Waals surface area (Å²) >= 11 is 0. The van der Waals surface area contributed by atoms with Gasteiger partial charge >= 0.3 is 0 Å². The molecule has 4 nitrogen and oxygen atoms in total. The lowest BCUT2D eigenvalue weighted by Crippen LogP contribution is -2.27. The lowest BCUT2D eigenvalue weighted by atomic mass is 10.00. The van der Waals surface area contributed by atoms with Crippen LogP contribution in [0.1, 0.15) is 31.4 Å². The summed E-state index contributed by atoms with van der Waals surface area (Å²) < 4.78 is 16.7. The van der Waals surface area contributed by atoms with E-state index in [0.717, 1.165) is 29.9 Å². The fourth-order valence-corrected chi connectivity index (χ4v) is 2.17. The van der Waals surface area contributed by atoms with Gasteiger partial charge in [-0.3, -0.25) is 0 Å². The molecule has 0 aromatic heterocycles. The van der Waals surface area contributed by atoms with Gasteiger partial charge in [0.15, 0.2) is 11.5 Å². The first-order valence-corrected chi connectivity index (χ1v) is 6.44. The highest BCUT2D eigenvalue weighted by Gasteiger charge is 2.19. The number of rotatable bonds is 4. The molecule has 1 aliphatic rings. The van der Waals surface area contributed by atoms with Gasteiger partial charge in [-0.1, -0.05) is 13.0 Å². The SMILES string of the molecule is CCC(OC)C(N)c1ccc2c(c1)OCCCO2. The molecule has 0 spiro atoms. The quantitative estimate of drug-likeness (QED) is 0.892. The van der Waals surface area contributed by atoms with Crippen LogP contribution in [0.15, 0.2) is 18.2 Å². The van der Waals surface area contributed by atoms with Crippen molar-refractivity contribution in [1.29, 1.82) is 0 Å². The number of nitrogens with two attached hydrogens (primary N) is 1. The zero-order valence-electron chi connectivity index (χ0n) is 11.0. The molecule has 0 aliphatic carbocycles. The molecule has 2 rings (SSSR count). The predicted molar refractivity (Wildman–Crippen MR) is 70.1 cm³/mol. The first kappa shape index (κ1) is 13.2. The zero-order chi connectivity index (χ0) is 13.0. The second-order valence-corrected chi connectivity index (χ2v) is 4.46. The Kier molecular flexibility index (Phi) is 4.44. The molecule has 1 aromatic carbocycles. The number of hydrogen-bond acceptors (Lipinski definition) is 4. The normalized spacial score (nSPS) is 17.9. The third-order valence-electron chi connectivity index (χ3n) is 3.26. The highest BCUT2D eigenvalue weighted by atomic mass is 16.5. The van der Waals surface area contributed by atoms with E-state index in [4.69, 9.17) is 19.9 Å². The Labute approximate surface area is 108 Å². The van der Waals surface area contributed by atoms with Crippen molar-refractivity contribution in [2.45, 2.75) is 31.9 Å². The topological polar surface area (TPSA) is 53.7 Å². The van der Waals surface area contributed by atoms with Crippen molar-refractivity contribution in [2.24, 2.45) is 5.73 Å². The Balaban J connectivity index is 2.21. The van der Waals surface area contributed by atoms with E-state index in [2.05, 4.69) is 6.92 Å². The second kappa shape index (κ2) is 6.07. The molecule has 0 saturated heterocycles. The highest BCUT2D eigenvalue weighted by molar-refractivity contribution is 5.44. The number of methoxy groups -OCH3 is 1. The predicted octanol–water partition coefficient (Wildman–Crippen LogP) is 2.27. The lowest BCUT2D eigenvalue weighted by molar-refractivity contribution is 0.0771. The van der Waals surface area contributed by atoms with Gasteiger partial charge in [-0.2, -0.15) is 0 Å². The van der Waals surface area contributed by atoms with Crippen molar-refractivity contribution in [1.82, 2.24) is 0 Å². The van der Waals surface area contributed by atoms with Gasteiger partial charge < -0.3 is 19.9 Å². The van der Waals surface area contributed by atoms with E-state index in [1.54, 1.807) is 7.11 Å². The summed E-state index contributed by atoms with van der Waals surface area (Å²) in [4.78, 5) is 0. The van der Waals surface area contributed by atoms with Crippen molar-refractivity contribution >= 4 is 0 Å². The maximum absolute atomic E-state index is 6.21. The summed E-state index contributed by atoms with van der Waals surface area (Å²) in [6.07, 6.45) is 1.81. The molecule has 2 atom stereocenters. The number of fused-ring (bicyclic) bond motifs is 1. The Bertz CT molecular complexity index is 391. The van der Waals surface area contributed by atoms with Crippen molar-refractivity contribution in [3.05, 3.63) is 23.8 Å². The molecule has 1 aromatic rings. The molecular weight excluding hydrogens is 230 g/mol. The third kappa shape index (κ3) is 2.76. The molecule has 0 fully saturated rings. The molecule has 2 N–H and O–H groups in total. The summed E-state index contributed by atoms with van der Waals surface area (Å²) in [7, 11) is 1.69. The smallest absolute Gasteiger partial charge is 0.161 e. The van der Waals surface area contributed by atoms with Crippen LogP contribution >= 0.6 is 0 Å². The Morgan fingerprint density at radius 1 is 1.28 bits per heavy atom. The maximum Gasteiger partial charge on any atom is 0.161 e. The van der Waals surface area contributed by atoms with Crippen LogP contribution in [-0.2, 0) is 4.74 Å². The Hall–Kier alpha value is -1.26. The van der Waals surface area contributed by atoms with Crippen LogP contribution in [0.4, 0.5) is 0 Å². The van der Waals surface area contributed by atoms with Crippen LogP contribution in [0.25, 0.3) is 0 Å². The summed E-state index contributed by atoms with van der Waals surface area (Å²) in [6.45, 7) is 3.46. The third-order valence-corrected chi connectivity index (χ3v) is 3.26. The second-order valence-electron chi connectivity index (χ2n) is 4.46. The molecule has 0 bridgehead atoms. The molecule has 0 radical (unpaired) electrons. The standard InChI is InChI=1S/C14H21NO3/c1-3-11(16-2)14(15)10-5-6-12-13(9-10)18-8-4-7-17-12/h5-6,9,11,14H,3-4,7-8,15H2,1-2H3. The van der Waals surface area contributed by atoms with E-state index in [9.17, 15) is 0 Å². The van der Waals surface area contributed by atoms with E-state index in [1.807, 2.05) is 18.2 Å². The van der Waals surface area contributed by atoms with Crippen LogP contribution < -0.4 is 15.2 Å². The summed E-state index contributed by atoms with van der Waals surface area (Å²) in [6, 6.07) is 5.74. The zero-order valence-corrected chi connectivity index (χ0v) is 11.0. The Morgan fingerprint density at radius 3 is 2.67 bits per heavy atom. The lowest BCUT2D eigenvalue weighted by Gasteiger charge is -2.22. The van der Waals surface area contributed by atoms with E-state index in [1.165, 1.54) is 0 Å². The van der Waals surface area contributed by atoms with Crippen molar-refractivity contribution in [3.63, 3.8) is 0 Å². The molecule has 100 valence electrons. The summed E-state index contributed by atoms with van der Waals surface area (Å²) in [5.74, 6) is 1.58. The molecule has 18 heavy (non-hydrogen) atoms. The minimum atomic E-state index is -0.142. The van der Waals surface area contributed by atoms with Crippen molar-refractivity contribution in [2.75, 3.05) is 20.3 Å². The first-order chi connectivity index (χ1) is 8.76. The van der Waals surface area contributed by atoms with Gasteiger partial charge in [0, 0.05) is 13.5 Å². The highest BCUT2D eigenvalue weighted by Crippen LogP contribution is 2.33. The van der Waals surface area contributed by atoms with Gasteiger partial charge in [0.05, 0.1) is 25.4 Å². The molecule has 1 aliphatic heterocycles. The number of benzene rings is 1. The van der Waals surface area contributed by atoms with Gasteiger partial charge in [0.1, 0.15) is 0 Å². The average Bonchev–Trinajstić information content (AvgIpc) is 2.64. The molecule has 4 heteroatoms. The van der Waals surface area contributed by atoms with Crippen molar-refractivity contribution in [3.8, 4) is 11.5 Å². The van der Waals surface area contributed by atoms with Crippen LogP contribution in [0.3, 0.4) is 0 Å². The molecule has 1 heterocycles. The van der Waals surface area contributed by atoms with Gasteiger partial charge in [-0.05, 0) is 24.1 Å². The summed E-state index contributed by atoms with van der Waals surface area (Å²) in [5.41, 5.74) is 7.23. The van der Waals surface area contributed by atoms with Crippen LogP contribution in [-0.4, -0.2) is 26.4 Å². The van der Waals surface area contributed by atoms with Crippen LogP contribution in [0.2, 0.25) is 0 Å². The number of ether oxygens (including phenoxy) is 3. The largest absolute Gasteiger partial charge is 0.490 e. The monoisotopic (exact) mass is 251 g/mol. The average molecular weight is 251 g/mol. The van der Waals surface area contributed by atoms with Gasteiger partial charge in [-0.25, -0.2) is 0 Å². The van der Waals surface area contributed by atoms with Crippen molar-refractivity contribution < 1.29 is 14.2 Å². The van der Waals surface area contributed by atoms with Gasteiger partial charge in [-0.15, -0.1) is 0 Å². The molecule has 2 unspecified atom stereocenters. The number of hydrogen-bond donors (Lipinski definition) is 1. The van der Waals surface area contributed by atoms with Crippen LogP contribution in [0.5, 0.6) is 11.5 Å². The fourth-order valence-electron chi connectivity index (χ4n) is 2.17. The first-order valence-electron chi connectivity index (χ1n) is 6.44.